The third-order valence-electron chi connectivity index (χ3n) is 14.3. The van der Waals surface area contributed by atoms with Gasteiger partial charge in [-0.3, -0.25) is 0 Å². The molecule has 2 heterocycles. The second kappa shape index (κ2) is 16.9. The Bertz CT molecular complexity index is 4110. The second-order valence-corrected chi connectivity index (χ2v) is 19.8. The lowest BCUT2D eigenvalue weighted by Crippen LogP contribution is -1.94. The Morgan fingerprint density at radius 3 is 1.03 bits per heavy atom. The summed E-state index contributed by atoms with van der Waals surface area (Å²) in [5.74, 6) is 0. The normalized spacial score (nSPS) is 11.7. The van der Waals surface area contributed by atoms with Gasteiger partial charge in [0.2, 0.25) is 0 Å². The Balaban J connectivity index is 0.986. The first-order chi connectivity index (χ1) is 35.1. The highest BCUT2D eigenvalue weighted by Crippen LogP contribution is 2.44. The summed E-state index contributed by atoms with van der Waals surface area (Å²) in [6, 6.07) is 95.6. The molecule has 2 aromatic heterocycles. The summed E-state index contributed by atoms with van der Waals surface area (Å²) in [5.41, 5.74) is 15.5. The lowest BCUT2D eigenvalue weighted by Gasteiger charge is -2.15. The first kappa shape index (κ1) is 41.1. The molecule has 14 rings (SSSR count). The Morgan fingerprint density at radius 1 is 0.197 bits per heavy atom. The van der Waals surface area contributed by atoms with Crippen LogP contribution in [0.15, 0.2) is 261 Å². The van der Waals surface area contributed by atoms with Gasteiger partial charge >= 0.3 is 0 Å². The summed E-state index contributed by atoms with van der Waals surface area (Å²) in [5, 5.41) is 12.9. The predicted molar refractivity (Wildman–Crippen MR) is 305 cm³/mol. The summed E-state index contributed by atoms with van der Waals surface area (Å²) in [4.78, 5) is 5.64. The van der Waals surface area contributed by atoms with E-state index >= 15 is 0 Å². The maximum atomic E-state index is 5.64. The Hall–Kier alpha value is -8.95. The lowest BCUT2D eigenvalue weighted by atomic mass is 9.92. The molecule has 330 valence electrons. The maximum absolute atomic E-state index is 5.64. The third kappa shape index (κ3) is 7.36. The van der Waals surface area contributed by atoms with Crippen molar-refractivity contribution in [3.8, 4) is 78.1 Å². The molecule has 0 unspecified atom stereocenters. The van der Waals surface area contributed by atoms with E-state index in [-0.39, 0.29) is 0 Å². The number of aromatic nitrogens is 1. The molecule has 0 aliphatic rings. The van der Waals surface area contributed by atoms with Crippen molar-refractivity contribution in [3.05, 3.63) is 261 Å². The topological polar surface area (TPSA) is 12.9 Å². The number of thiophene rings is 1. The van der Waals surface area contributed by atoms with Crippen LogP contribution in [0.4, 0.5) is 0 Å². The number of hydrogen-bond donors (Lipinski definition) is 0. The highest BCUT2D eigenvalue weighted by molar-refractivity contribution is 7.26. The Labute approximate surface area is 416 Å². The molecule has 0 fully saturated rings. The number of pyridine rings is 1. The minimum atomic E-state index is 0.921. The van der Waals surface area contributed by atoms with Gasteiger partial charge in [-0.05, 0) is 178 Å². The van der Waals surface area contributed by atoms with Crippen LogP contribution < -0.4 is 0 Å². The van der Waals surface area contributed by atoms with Crippen molar-refractivity contribution in [2.75, 3.05) is 0 Å². The van der Waals surface area contributed by atoms with Crippen molar-refractivity contribution in [1.29, 1.82) is 0 Å². The molecular formula is C69H43NS. The lowest BCUT2D eigenvalue weighted by molar-refractivity contribution is 1.32. The van der Waals surface area contributed by atoms with Crippen LogP contribution >= 0.6 is 11.3 Å². The zero-order valence-electron chi connectivity index (χ0n) is 38.7. The van der Waals surface area contributed by atoms with Crippen molar-refractivity contribution in [3.63, 3.8) is 0 Å². The summed E-state index contributed by atoms with van der Waals surface area (Å²) in [6.07, 6.45) is 0. The van der Waals surface area contributed by atoms with Crippen molar-refractivity contribution in [1.82, 2.24) is 4.98 Å². The number of rotatable bonds is 7. The minimum Gasteiger partial charge on any atom is -0.248 e. The van der Waals surface area contributed by atoms with Gasteiger partial charge in [-0.1, -0.05) is 182 Å². The van der Waals surface area contributed by atoms with Gasteiger partial charge in [0.1, 0.15) is 0 Å². The van der Waals surface area contributed by atoms with Gasteiger partial charge < -0.3 is 0 Å². The molecular weight excluding hydrogens is 875 g/mol. The van der Waals surface area contributed by atoms with E-state index in [0.717, 1.165) is 55.9 Å². The molecule has 0 atom stereocenters. The van der Waals surface area contributed by atoms with Crippen molar-refractivity contribution in [2.45, 2.75) is 0 Å². The Morgan fingerprint density at radius 2 is 0.563 bits per heavy atom. The smallest absolute Gasteiger partial charge is 0.0716 e. The van der Waals surface area contributed by atoms with Gasteiger partial charge in [-0.15, -0.1) is 11.3 Å². The van der Waals surface area contributed by atoms with Crippen molar-refractivity contribution >= 4 is 74.6 Å². The third-order valence-corrected chi connectivity index (χ3v) is 15.5. The predicted octanol–water partition coefficient (Wildman–Crippen LogP) is 19.7. The molecule has 14 aromatic rings. The van der Waals surface area contributed by atoms with E-state index in [2.05, 4.69) is 261 Å². The van der Waals surface area contributed by atoms with E-state index in [4.69, 9.17) is 4.98 Å². The van der Waals surface area contributed by atoms with E-state index < -0.39 is 0 Å². The largest absolute Gasteiger partial charge is 0.248 e. The van der Waals surface area contributed by atoms with Crippen LogP contribution in [-0.4, -0.2) is 4.98 Å². The number of nitrogens with zero attached hydrogens (tertiary/aromatic N) is 1. The fourth-order valence-corrected chi connectivity index (χ4v) is 12.0. The fourth-order valence-electron chi connectivity index (χ4n) is 10.8. The van der Waals surface area contributed by atoms with Crippen LogP contribution in [0.5, 0.6) is 0 Å². The number of hydrogen-bond acceptors (Lipinski definition) is 2. The molecule has 0 saturated carbocycles. The number of benzene rings is 12. The molecule has 1 nitrogen and oxygen atoms in total. The zero-order chi connectivity index (χ0) is 46.8. The quantitative estimate of drug-likeness (QED) is 0.145. The van der Waals surface area contributed by atoms with Crippen LogP contribution in [0.2, 0.25) is 0 Å². The van der Waals surface area contributed by atoms with E-state index in [1.165, 1.54) is 85.5 Å². The van der Waals surface area contributed by atoms with Crippen LogP contribution in [0.25, 0.3) is 141 Å². The van der Waals surface area contributed by atoms with Crippen LogP contribution in [0, 0.1) is 0 Å². The first-order valence-corrected chi connectivity index (χ1v) is 25.1. The molecule has 0 saturated heterocycles. The molecule has 0 radical (unpaired) electrons. The van der Waals surface area contributed by atoms with E-state index in [9.17, 15) is 0 Å². The van der Waals surface area contributed by atoms with Crippen molar-refractivity contribution < 1.29 is 0 Å². The molecule has 0 spiro atoms. The maximum Gasteiger partial charge on any atom is 0.0716 e. The van der Waals surface area contributed by atoms with Gasteiger partial charge in [-0.2, -0.15) is 0 Å². The molecule has 12 aromatic carbocycles. The SMILES string of the molecule is c1ccc(-c2cc(-c3ccccc3)cc(-c3cc(-c4ccc5cc6sc7cc8c9ccccc9c9ccccc9c8cc7c6cc5c4)cc(-c4cc(-c5ccccc5)cc(-c5ccccc5)c4)n3)c2)cc1. The minimum absolute atomic E-state index is 0.921. The second-order valence-electron chi connectivity index (χ2n) is 18.7. The average molecular weight is 918 g/mol. The Kier molecular flexibility index (Phi) is 9.79. The number of fused-ring (bicyclic) bond motifs is 10. The first-order valence-electron chi connectivity index (χ1n) is 24.3. The molecule has 0 amide bonds. The molecule has 0 bridgehead atoms. The molecule has 2 heteroatoms. The van der Waals surface area contributed by atoms with Gasteiger partial charge in [0.25, 0.3) is 0 Å². The standard InChI is InChI=1S/C69H43NS/c1-5-17-44(18-6-1)50-32-51(45-19-7-2-8-20-45)35-56(34-50)66-39-55(40-67(70-66)57-36-52(46-21-9-3-10-22-46)33-53(37-57)47-23-11-4-12-24-47)48-29-30-49-41-68-64(38-54(49)31-48)65-42-62-60-27-15-13-25-58(60)59-26-14-16-28-61(59)63(62)43-69(65)71-68/h1-43H. The van der Waals surface area contributed by atoms with Crippen LogP contribution in [0.1, 0.15) is 0 Å². The summed E-state index contributed by atoms with van der Waals surface area (Å²) in [6.45, 7) is 0. The zero-order valence-corrected chi connectivity index (χ0v) is 39.5. The monoisotopic (exact) mass is 917 g/mol. The summed E-state index contributed by atoms with van der Waals surface area (Å²) >= 11 is 1.89. The average Bonchev–Trinajstić information content (AvgIpc) is 3.80. The van der Waals surface area contributed by atoms with E-state index in [0.29, 0.717) is 0 Å². The van der Waals surface area contributed by atoms with Gasteiger partial charge in [0.15, 0.2) is 0 Å². The molecule has 0 N–H and O–H groups in total. The summed E-state index contributed by atoms with van der Waals surface area (Å²) < 4.78 is 2.62. The van der Waals surface area contributed by atoms with E-state index in [1.807, 2.05) is 11.3 Å². The van der Waals surface area contributed by atoms with Gasteiger partial charge in [-0.25, -0.2) is 4.98 Å². The van der Waals surface area contributed by atoms with E-state index in [1.54, 1.807) is 0 Å². The van der Waals surface area contributed by atoms with Crippen LogP contribution in [0.3, 0.4) is 0 Å². The fraction of sp³-hybridized carbons (Fsp3) is 0. The van der Waals surface area contributed by atoms with Crippen molar-refractivity contribution in [2.24, 2.45) is 0 Å². The van der Waals surface area contributed by atoms with Gasteiger partial charge in [0, 0.05) is 31.3 Å². The van der Waals surface area contributed by atoms with Crippen LogP contribution in [-0.2, 0) is 0 Å². The molecule has 71 heavy (non-hydrogen) atoms. The highest BCUT2D eigenvalue weighted by atomic mass is 32.1. The summed E-state index contributed by atoms with van der Waals surface area (Å²) in [7, 11) is 0. The highest BCUT2D eigenvalue weighted by Gasteiger charge is 2.17. The van der Waals surface area contributed by atoms with Gasteiger partial charge in [0.05, 0.1) is 11.4 Å². The molecule has 0 aliphatic heterocycles. The molecule has 0 aliphatic carbocycles.